The molecule has 0 saturated carbocycles. The van der Waals surface area contributed by atoms with Crippen molar-refractivity contribution >= 4 is 16.8 Å². The summed E-state index contributed by atoms with van der Waals surface area (Å²) in [7, 11) is 0. The van der Waals surface area contributed by atoms with Crippen molar-refractivity contribution in [1.82, 2.24) is 10.1 Å². The number of aromatic nitrogens is 1. The summed E-state index contributed by atoms with van der Waals surface area (Å²) in [5.74, 6) is 1.44. The van der Waals surface area contributed by atoms with Gasteiger partial charge in [0.05, 0.1) is 23.8 Å². The van der Waals surface area contributed by atoms with Gasteiger partial charge in [-0.3, -0.25) is 4.79 Å². The molecule has 180 valence electrons. The number of unbranched alkanes of at least 4 members (excludes halogenated alkanes) is 1. The first-order valence-electron chi connectivity index (χ1n) is 12.2. The van der Waals surface area contributed by atoms with Crippen LogP contribution in [0.2, 0.25) is 0 Å². The van der Waals surface area contributed by atoms with Gasteiger partial charge < -0.3 is 18.9 Å². The summed E-state index contributed by atoms with van der Waals surface area (Å²) in [6.07, 6.45) is 3.96. The molecule has 1 fully saturated rings. The van der Waals surface area contributed by atoms with Gasteiger partial charge in [0.15, 0.2) is 11.4 Å². The van der Waals surface area contributed by atoms with Crippen LogP contribution in [0.15, 0.2) is 40.9 Å². The monoisotopic (exact) mass is 466 g/mol. The number of carbonyl (C=O) groups excluding carboxylic acids is 1. The van der Waals surface area contributed by atoms with Crippen molar-refractivity contribution in [1.29, 1.82) is 0 Å². The third kappa shape index (κ3) is 4.67. The molecule has 2 unspecified atom stereocenters. The molecule has 2 aliphatic heterocycles. The van der Waals surface area contributed by atoms with E-state index in [2.05, 4.69) is 10.1 Å². The van der Waals surface area contributed by atoms with Crippen LogP contribution in [0, 0.1) is 11.7 Å². The van der Waals surface area contributed by atoms with Crippen LogP contribution in [0.1, 0.15) is 61.5 Å². The Morgan fingerprint density at radius 3 is 2.76 bits per heavy atom. The highest BCUT2D eigenvalue weighted by molar-refractivity contribution is 6.01. The van der Waals surface area contributed by atoms with Crippen molar-refractivity contribution in [3.05, 3.63) is 53.5 Å². The molecule has 34 heavy (non-hydrogen) atoms. The van der Waals surface area contributed by atoms with Gasteiger partial charge in [-0.1, -0.05) is 12.1 Å². The third-order valence-corrected chi connectivity index (χ3v) is 7.22. The molecular formula is C27H31FN2O4. The minimum absolute atomic E-state index is 0.120. The number of ether oxygens (including phenoxy) is 2. The van der Waals surface area contributed by atoms with Crippen LogP contribution < -0.4 is 9.47 Å². The molecule has 0 aliphatic carbocycles. The van der Waals surface area contributed by atoms with E-state index in [0.717, 1.165) is 62.1 Å². The summed E-state index contributed by atoms with van der Waals surface area (Å²) in [5, 5.41) is 5.16. The summed E-state index contributed by atoms with van der Waals surface area (Å²) in [5.41, 5.74) is 2.13. The fourth-order valence-corrected chi connectivity index (χ4v) is 4.94. The molecular weight excluding hydrogens is 435 g/mol. The summed E-state index contributed by atoms with van der Waals surface area (Å²) >= 11 is 0. The van der Waals surface area contributed by atoms with Crippen LogP contribution in [0.4, 0.5) is 4.39 Å². The smallest absolute Gasteiger partial charge is 0.173 e. The maximum Gasteiger partial charge on any atom is 0.173 e. The fraction of sp³-hybridized carbons (Fsp3) is 0.481. The molecule has 7 heteroatoms. The third-order valence-electron chi connectivity index (χ3n) is 7.22. The Hall–Kier alpha value is -2.93. The van der Waals surface area contributed by atoms with Crippen LogP contribution >= 0.6 is 0 Å². The largest absolute Gasteiger partial charge is 0.493 e. The molecule has 1 aromatic heterocycles. The van der Waals surface area contributed by atoms with Crippen LogP contribution in [-0.4, -0.2) is 48.2 Å². The van der Waals surface area contributed by atoms with Crippen molar-refractivity contribution in [2.24, 2.45) is 5.92 Å². The Balaban J connectivity index is 1.04. The maximum absolute atomic E-state index is 13.4. The van der Waals surface area contributed by atoms with E-state index in [1.54, 1.807) is 6.07 Å². The number of nitrogens with zero attached hydrogens (tertiary/aromatic N) is 2. The van der Waals surface area contributed by atoms with Crippen molar-refractivity contribution in [2.75, 3.05) is 26.2 Å². The van der Waals surface area contributed by atoms with Gasteiger partial charge >= 0.3 is 0 Å². The number of likely N-dealkylation sites (tertiary alicyclic amines) is 1. The number of halogens is 1. The van der Waals surface area contributed by atoms with Crippen molar-refractivity contribution in [3.8, 4) is 11.5 Å². The second-order valence-corrected chi connectivity index (χ2v) is 9.51. The first-order chi connectivity index (χ1) is 16.5. The second kappa shape index (κ2) is 9.74. The van der Waals surface area contributed by atoms with Crippen LogP contribution in [-0.2, 0) is 0 Å². The van der Waals surface area contributed by atoms with Crippen LogP contribution in [0.25, 0.3) is 11.0 Å². The lowest BCUT2D eigenvalue weighted by molar-refractivity contribution is 0.0729. The van der Waals surface area contributed by atoms with Gasteiger partial charge in [-0.05, 0) is 76.5 Å². The van der Waals surface area contributed by atoms with E-state index in [1.807, 2.05) is 32.0 Å². The Bertz CT molecular complexity index is 1170. The van der Waals surface area contributed by atoms with Gasteiger partial charge in [-0.2, -0.15) is 0 Å². The SMILES string of the molecule is CC1Oc2cc(OCCCCN3CCC(c4noc5cc(F)ccc45)CC3)ccc2C(=O)C1C. The Morgan fingerprint density at radius 1 is 1.12 bits per heavy atom. The normalized spacial score (nSPS) is 21.4. The van der Waals surface area contributed by atoms with E-state index >= 15 is 0 Å². The number of piperidine rings is 1. The molecule has 3 aromatic rings. The molecule has 6 nitrogen and oxygen atoms in total. The molecule has 1 saturated heterocycles. The molecule has 0 radical (unpaired) electrons. The lowest BCUT2D eigenvalue weighted by atomic mass is 9.91. The van der Waals surface area contributed by atoms with E-state index in [0.29, 0.717) is 29.4 Å². The molecule has 0 N–H and O–H groups in total. The predicted octanol–water partition coefficient (Wildman–Crippen LogP) is 5.61. The van der Waals surface area contributed by atoms with E-state index < -0.39 is 0 Å². The molecule has 2 atom stereocenters. The summed E-state index contributed by atoms with van der Waals surface area (Å²) in [6, 6.07) is 10.2. The molecule has 2 aromatic carbocycles. The zero-order valence-corrected chi connectivity index (χ0v) is 19.8. The number of carbonyl (C=O) groups is 1. The zero-order valence-electron chi connectivity index (χ0n) is 19.8. The lowest BCUT2D eigenvalue weighted by Gasteiger charge is -2.31. The molecule has 0 amide bonds. The summed E-state index contributed by atoms with van der Waals surface area (Å²) < 4.78 is 30.5. The Morgan fingerprint density at radius 2 is 1.94 bits per heavy atom. The average molecular weight is 467 g/mol. The average Bonchev–Trinajstić information content (AvgIpc) is 3.25. The van der Waals surface area contributed by atoms with Gasteiger partial charge in [-0.25, -0.2) is 4.39 Å². The predicted molar refractivity (Wildman–Crippen MR) is 127 cm³/mol. The lowest BCUT2D eigenvalue weighted by Crippen LogP contribution is -2.34. The van der Waals surface area contributed by atoms with Gasteiger partial charge in [0.2, 0.25) is 0 Å². The van der Waals surface area contributed by atoms with Crippen molar-refractivity contribution in [3.63, 3.8) is 0 Å². The van der Waals surface area contributed by atoms with Gasteiger partial charge in [0.1, 0.15) is 23.4 Å². The Kier molecular flexibility index (Phi) is 6.55. The minimum Gasteiger partial charge on any atom is -0.493 e. The highest BCUT2D eigenvalue weighted by atomic mass is 19.1. The van der Waals surface area contributed by atoms with Crippen LogP contribution in [0.5, 0.6) is 11.5 Å². The topological polar surface area (TPSA) is 64.8 Å². The van der Waals surface area contributed by atoms with E-state index in [1.165, 1.54) is 12.1 Å². The Labute approximate surface area is 199 Å². The number of hydrogen-bond donors (Lipinski definition) is 0. The van der Waals surface area contributed by atoms with Crippen molar-refractivity contribution < 1.29 is 23.2 Å². The van der Waals surface area contributed by atoms with Gasteiger partial charge in [0, 0.05) is 23.4 Å². The standard InChI is InChI=1S/C27H31FN2O4/c1-17-18(2)33-24-16-21(6-8-23(24)27(17)31)32-14-4-3-11-30-12-9-19(10-13-30)26-22-7-5-20(28)15-25(22)34-29-26/h5-8,15-19H,3-4,9-14H2,1-2H3. The number of benzene rings is 2. The first-order valence-corrected chi connectivity index (χ1v) is 12.2. The molecule has 0 spiro atoms. The number of rotatable bonds is 7. The summed E-state index contributed by atoms with van der Waals surface area (Å²) in [4.78, 5) is 14.9. The second-order valence-electron chi connectivity index (χ2n) is 9.51. The van der Waals surface area contributed by atoms with Gasteiger partial charge in [-0.15, -0.1) is 0 Å². The zero-order chi connectivity index (χ0) is 23.7. The number of Topliss-reactive ketones (excluding diaryl/α,β-unsaturated/α-hetero) is 1. The maximum atomic E-state index is 13.4. The quantitative estimate of drug-likeness (QED) is 0.422. The minimum atomic E-state index is -0.298. The molecule has 0 bridgehead atoms. The first kappa shape index (κ1) is 22.8. The van der Waals surface area contributed by atoms with E-state index in [9.17, 15) is 9.18 Å². The highest BCUT2D eigenvalue weighted by Crippen LogP contribution is 2.34. The summed E-state index contributed by atoms with van der Waals surface area (Å²) in [6.45, 7) is 7.55. The number of ketones is 1. The van der Waals surface area contributed by atoms with E-state index in [4.69, 9.17) is 14.0 Å². The number of fused-ring (bicyclic) bond motifs is 2. The molecule has 5 rings (SSSR count). The fourth-order valence-electron chi connectivity index (χ4n) is 4.94. The number of hydrogen-bond acceptors (Lipinski definition) is 6. The van der Waals surface area contributed by atoms with Crippen LogP contribution in [0.3, 0.4) is 0 Å². The van der Waals surface area contributed by atoms with Gasteiger partial charge in [0.25, 0.3) is 0 Å². The molecule has 3 heterocycles. The van der Waals surface area contributed by atoms with E-state index in [-0.39, 0.29) is 23.6 Å². The molecule has 2 aliphatic rings. The highest BCUT2D eigenvalue weighted by Gasteiger charge is 2.31. The van der Waals surface area contributed by atoms with Crippen molar-refractivity contribution in [2.45, 2.75) is 51.6 Å².